The summed E-state index contributed by atoms with van der Waals surface area (Å²) in [6.07, 6.45) is 12.0. The van der Waals surface area contributed by atoms with E-state index >= 15 is 0 Å². The van der Waals surface area contributed by atoms with E-state index in [4.69, 9.17) is 4.74 Å². The maximum Gasteiger partial charge on any atom is 0.0801 e. The van der Waals surface area contributed by atoms with Crippen LogP contribution >= 0.6 is 0 Å². The number of fused-ring (bicyclic) bond motifs is 5. The summed E-state index contributed by atoms with van der Waals surface area (Å²) in [6.45, 7) is 7.45. The fourth-order valence-electron chi connectivity index (χ4n) is 8.78. The first kappa shape index (κ1) is 21.1. The third kappa shape index (κ3) is 3.38. The molecule has 3 heteroatoms. The third-order valence-corrected chi connectivity index (χ3v) is 10.4. The smallest absolute Gasteiger partial charge is 0.0801 e. The zero-order chi connectivity index (χ0) is 20.1. The molecule has 0 bridgehead atoms. The van der Waals surface area contributed by atoms with Gasteiger partial charge in [-0.15, -0.1) is 0 Å². The number of rotatable bonds is 5. The topological polar surface area (TPSA) is 49.7 Å². The Bertz CT molecular complexity index is 550. The van der Waals surface area contributed by atoms with Crippen LogP contribution in [0, 0.1) is 46.8 Å². The highest BCUT2D eigenvalue weighted by atomic mass is 16.5. The summed E-state index contributed by atoms with van der Waals surface area (Å²) >= 11 is 0. The van der Waals surface area contributed by atoms with Crippen molar-refractivity contribution in [1.82, 2.24) is 0 Å². The molecule has 4 saturated carbocycles. The van der Waals surface area contributed by atoms with Gasteiger partial charge in [-0.3, -0.25) is 0 Å². The molecule has 0 radical (unpaired) electrons. The van der Waals surface area contributed by atoms with Crippen LogP contribution in [-0.2, 0) is 4.74 Å². The minimum absolute atomic E-state index is 0.330. The van der Waals surface area contributed by atoms with Crippen LogP contribution in [-0.4, -0.2) is 35.6 Å². The quantitative estimate of drug-likeness (QED) is 0.689. The standard InChI is InChI=1S/C25H44O3/c1-5-25(27)13-11-18-17(14-25)6-7-20-19(18)10-12-24(3)21(8-9-22(20)24)16(2)23(26)15-28-4/h16-23,26-27H,5-15H2,1-4H3/t16-,17+,18-,19+,20+,21+,22-,23+,24+,25+/m0/s1. The molecular formula is C25H44O3. The summed E-state index contributed by atoms with van der Waals surface area (Å²) in [5.74, 6) is 5.24. The minimum Gasteiger partial charge on any atom is -0.390 e. The molecule has 0 unspecified atom stereocenters. The number of aliphatic hydroxyl groups excluding tert-OH is 1. The van der Waals surface area contributed by atoms with E-state index in [1.165, 1.54) is 44.9 Å². The van der Waals surface area contributed by atoms with Crippen LogP contribution in [0.2, 0.25) is 0 Å². The van der Waals surface area contributed by atoms with E-state index in [0.717, 1.165) is 48.9 Å². The van der Waals surface area contributed by atoms with Crippen molar-refractivity contribution in [2.75, 3.05) is 13.7 Å². The summed E-state index contributed by atoms with van der Waals surface area (Å²) in [7, 11) is 1.70. The number of hydrogen-bond donors (Lipinski definition) is 2. The molecule has 4 rings (SSSR count). The molecule has 162 valence electrons. The monoisotopic (exact) mass is 392 g/mol. The largest absolute Gasteiger partial charge is 0.390 e. The first-order valence-corrected chi connectivity index (χ1v) is 12.2. The van der Waals surface area contributed by atoms with Gasteiger partial charge in [-0.25, -0.2) is 0 Å². The molecule has 10 atom stereocenters. The van der Waals surface area contributed by atoms with Crippen LogP contribution in [0.1, 0.15) is 85.0 Å². The third-order valence-electron chi connectivity index (χ3n) is 10.4. The predicted octanol–water partition coefficient (Wildman–Crippen LogP) is 5.04. The van der Waals surface area contributed by atoms with Gasteiger partial charge in [0, 0.05) is 7.11 Å². The van der Waals surface area contributed by atoms with Crippen LogP contribution in [0.3, 0.4) is 0 Å². The first-order valence-electron chi connectivity index (χ1n) is 12.2. The van der Waals surface area contributed by atoms with Crippen LogP contribution in [0.5, 0.6) is 0 Å². The summed E-state index contributed by atoms with van der Waals surface area (Å²) in [4.78, 5) is 0. The van der Waals surface area contributed by atoms with Crippen molar-refractivity contribution in [2.24, 2.45) is 46.8 Å². The molecule has 0 heterocycles. The van der Waals surface area contributed by atoms with E-state index in [9.17, 15) is 10.2 Å². The van der Waals surface area contributed by atoms with E-state index in [2.05, 4.69) is 20.8 Å². The molecule has 4 aliphatic rings. The minimum atomic E-state index is -0.372. The van der Waals surface area contributed by atoms with Crippen molar-refractivity contribution in [3.8, 4) is 0 Å². The molecule has 0 amide bonds. The van der Waals surface area contributed by atoms with Crippen LogP contribution in [0.15, 0.2) is 0 Å². The van der Waals surface area contributed by atoms with Crippen molar-refractivity contribution in [3.63, 3.8) is 0 Å². The van der Waals surface area contributed by atoms with Gasteiger partial charge in [0.1, 0.15) is 0 Å². The molecule has 0 spiro atoms. The molecule has 0 aromatic heterocycles. The number of methoxy groups -OCH3 is 1. The predicted molar refractivity (Wildman–Crippen MR) is 113 cm³/mol. The summed E-state index contributed by atoms with van der Waals surface area (Å²) in [5, 5.41) is 21.5. The van der Waals surface area contributed by atoms with E-state index < -0.39 is 0 Å². The Morgan fingerprint density at radius 3 is 2.46 bits per heavy atom. The van der Waals surface area contributed by atoms with E-state index in [0.29, 0.717) is 23.9 Å². The Morgan fingerprint density at radius 2 is 1.75 bits per heavy atom. The highest BCUT2D eigenvalue weighted by molar-refractivity contribution is 5.08. The zero-order valence-corrected chi connectivity index (χ0v) is 18.7. The van der Waals surface area contributed by atoms with Gasteiger partial charge in [0.2, 0.25) is 0 Å². The van der Waals surface area contributed by atoms with E-state index in [1.54, 1.807) is 7.11 Å². The normalized spacial score (nSPS) is 50.4. The number of aliphatic hydroxyl groups is 2. The fraction of sp³-hybridized carbons (Fsp3) is 1.00. The van der Waals surface area contributed by atoms with Crippen LogP contribution in [0.4, 0.5) is 0 Å². The van der Waals surface area contributed by atoms with E-state index in [1.807, 2.05) is 0 Å². The van der Waals surface area contributed by atoms with Gasteiger partial charge in [-0.2, -0.15) is 0 Å². The highest BCUT2D eigenvalue weighted by Crippen LogP contribution is 2.65. The SMILES string of the molecule is CC[C@@]1(O)CC[C@H]2[C@H](CC[C@@H]3[C@@H]2CC[C@]2(C)[C@@H]([C@H](C)[C@H](O)COC)CC[C@@H]32)C1. The lowest BCUT2D eigenvalue weighted by Gasteiger charge is -2.57. The first-order chi connectivity index (χ1) is 13.3. The van der Waals surface area contributed by atoms with Gasteiger partial charge in [-0.1, -0.05) is 20.8 Å². The molecule has 3 nitrogen and oxygen atoms in total. The van der Waals surface area contributed by atoms with Crippen LogP contribution < -0.4 is 0 Å². The number of hydrogen-bond acceptors (Lipinski definition) is 3. The second-order valence-corrected chi connectivity index (χ2v) is 11.4. The second-order valence-electron chi connectivity index (χ2n) is 11.4. The van der Waals surface area contributed by atoms with Gasteiger partial charge in [-0.05, 0) is 111 Å². The Kier molecular flexibility index (Phi) is 5.92. The Hall–Kier alpha value is -0.120. The average Bonchev–Trinajstić information content (AvgIpc) is 3.04. The molecule has 4 aliphatic carbocycles. The van der Waals surface area contributed by atoms with Crippen molar-refractivity contribution in [3.05, 3.63) is 0 Å². The fourth-order valence-corrected chi connectivity index (χ4v) is 8.78. The molecular weight excluding hydrogens is 348 g/mol. The van der Waals surface area contributed by atoms with Crippen molar-refractivity contribution < 1.29 is 14.9 Å². The maximum atomic E-state index is 10.9. The Labute approximate surface area is 172 Å². The van der Waals surface area contributed by atoms with Gasteiger partial charge in [0.15, 0.2) is 0 Å². The molecule has 28 heavy (non-hydrogen) atoms. The lowest BCUT2D eigenvalue weighted by molar-refractivity contribution is -0.113. The van der Waals surface area contributed by atoms with Gasteiger partial charge >= 0.3 is 0 Å². The molecule has 0 aliphatic heterocycles. The molecule has 4 fully saturated rings. The zero-order valence-electron chi connectivity index (χ0n) is 18.7. The lowest BCUT2D eigenvalue weighted by Crippen LogP contribution is -2.51. The highest BCUT2D eigenvalue weighted by Gasteiger charge is 2.58. The summed E-state index contributed by atoms with van der Waals surface area (Å²) in [6, 6.07) is 0. The lowest BCUT2D eigenvalue weighted by atomic mass is 9.48. The average molecular weight is 393 g/mol. The molecule has 2 N–H and O–H groups in total. The van der Waals surface area contributed by atoms with Crippen LogP contribution in [0.25, 0.3) is 0 Å². The van der Waals surface area contributed by atoms with Crippen molar-refractivity contribution in [1.29, 1.82) is 0 Å². The molecule has 0 aromatic rings. The molecule has 0 aromatic carbocycles. The second kappa shape index (κ2) is 7.85. The summed E-state index contributed by atoms with van der Waals surface area (Å²) < 4.78 is 5.25. The van der Waals surface area contributed by atoms with E-state index in [-0.39, 0.29) is 11.7 Å². The van der Waals surface area contributed by atoms with Crippen molar-refractivity contribution in [2.45, 2.75) is 96.7 Å². The Balaban J connectivity index is 1.48. The summed E-state index contributed by atoms with van der Waals surface area (Å²) in [5.41, 5.74) is 0.0313. The maximum absolute atomic E-state index is 10.9. The van der Waals surface area contributed by atoms with Gasteiger partial charge in [0.25, 0.3) is 0 Å². The van der Waals surface area contributed by atoms with Gasteiger partial charge < -0.3 is 14.9 Å². The Morgan fingerprint density at radius 1 is 1.00 bits per heavy atom. The van der Waals surface area contributed by atoms with Crippen molar-refractivity contribution >= 4 is 0 Å². The number of ether oxygens (including phenoxy) is 1. The van der Waals surface area contributed by atoms with Gasteiger partial charge in [0.05, 0.1) is 18.3 Å². The molecule has 0 saturated heterocycles.